The minimum Gasteiger partial charge on any atom is -0.327 e. The number of hydrogen-bond acceptors (Lipinski definition) is 3. The van der Waals surface area contributed by atoms with E-state index in [4.69, 9.17) is 5.73 Å². The summed E-state index contributed by atoms with van der Waals surface area (Å²) in [5.41, 5.74) is 5.33. The highest BCUT2D eigenvalue weighted by Crippen LogP contribution is 2.33. The zero-order valence-corrected chi connectivity index (χ0v) is 8.98. The molecular formula is C7H13F3N2O2S. The highest BCUT2D eigenvalue weighted by atomic mass is 32.2. The Balaban J connectivity index is 2.82. The van der Waals surface area contributed by atoms with Crippen LogP contribution >= 0.6 is 0 Å². The number of hydrogen-bond donors (Lipinski definition) is 1. The van der Waals surface area contributed by atoms with E-state index >= 15 is 0 Å². The lowest BCUT2D eigenvalue weighted by Crippen LogP contribution is -2.53. The van der Waals surface area contributed by atoms with Crippen molar-refractivity contribution in [1.82, 2.24) is 4.31 Å². The van der Waals surface area contributed by atoms with Crippen molar-refractivity contribution in [3.8, 4) is 0 Å². The number of alkyl halides is 3. The maximum atomic E-state index is 12.5. The molecule has 90 valence electrons. The van der Waals surface area contributed by atoms with E-state index in [2.05, 4.69) is 0 Å². The number of halogens is 3. The van der Waals surface area contributed by atoms with Gasteiger partial charge in [0.25, 0.3) is 0 Å². The molecule has 1 rings (SSSR count). The summed E-state index contributed by atoms with van der Waals surface area (Å²) in [6.07, 6.45) is -3.50. The second kappa shape index (κ2) is 3.91. The van der Waals surface area contributed by atoms with E-state index in [1.165, 1.54) is 0 Å². The molecule has 1 aliphatic rings. The van der Waals surface area contributed by atoms with Crippen LogP contribution in [0.2, 0.25) is 0 Å². The van der Waals surface area contributed by atoms with Crippen molar-refractivity contribution in [2.45, 2.75) is 18.6 Å². The van der Waals surface area contributed by atoms with Gasteiger partial charge in [-0.25, -0.2) is 12.7 Å². The Morgan fingerprint density at radius 3 is 2.33 bits per heavy atom. The molecule has 2 atom stereocenters. The Morgan fingerprint density at radius 1 is 1.40 bits per heavy atom. The molecule has 0 aromatic carbocycles. The fourth-order valence-electron chi connectivity index (χ4n) is 1.59. The molecule has 0 spiro atoms. The van der Waals surface area contributed by atoms with Crippen molar-refractivity contribution in [1.29, 1.82) is 0 Å². The zero-order chi connectivity index (χ0) is 11.9. The highest BCUT2D eigenvalue weighted by Gasteiger charge is 2.47. The molecule has 0 bridgehead atoms. The first kappa shape index (κ1) is 12.7. The molecular weight excluding hydrogens is 233 g/mol. The SMILES string of the molecule is CS(=O)(=O)N1CCC(N)C(C(F)(F)F)C1. The molecule has 2 unspecified atom stereocenters. The van der Waals surface area contributed by atoms with Gasteiger partial charge in [-0.05, 0) is 6.42 Å². The van der Waals surface area contributed by atoms with E-state index in [1.54, 1.807) is 0 Å². The third-order valence-electron chi connectivity index (χ3n) is 2.52. The fourth-order valence-corrected chi connectivity index (χ4v) is 2.46. The summed E-state index contributed by atoms with van der Waals surface area (Å²) in [5, 5.41) is 0. The summed E-state index contributed by atoms with van der Waals surface area (Å²) >= 11 is 0. The van der Waals surface area contributed by atoms with Crippen LogP contribution in [-0.2, 0) is 10.0 Å². The van der Waals surface area contributed by atoms with Gasteiger partial charge in [0.2, 0.25) is 10.0 Å². The van der Waals surface area contributed by atoms with Crippen LogP contribution in [-0.4, -0.2) is 44.3 Å². The van der Waals surface area contributed by atoms with Gasteiger partial charge in [-0.15, -0.1) is 0 Å². The maximum absolute atomic E-state index is 12.5. The Bertz CT molecular complexity index is 328. The Kier molecular flexibility index (Phi) is 3.32. The van der Waals surface area contributed by atoms with E-state index in [0.717, 1.165) is 10.6 Å². The van der Waals surface area contributed by atoms with Crippen LogP contribution in [0, 0.1) is 5.92 Å². The number of piperidine rings is 1. The first-order valence-electron chi connectivity index (χ1n) is 4.40. The van der Waals surface area contributed by atoms with Crippen LogP contribution in [0.25, 0.3) is 0 Å². The molecule has 2 N–H and O–H groups in total. The summed E-state index contributed by atoms with van der Waals surface area (Å²) in [7, 11) is -3.56. The largest absolute Gasteiger partial charge is 0.394 e. The monoisotopic (exact) mass is 246 g/mol. The van der Waals surface area contributed by atoms with E-state index in [9.17, 15) is 21.6 Å². The van der Waals surface area contributed by atoms with Crippen LogP contribution in [0.5, 0.6) is 0 Å². The smallest absolute Gasteiger partial charge is 0.327 e. The van der Waals surface area contributed by atoms with Crippen molar-refractivity contribution in [3.63, 3.8) is 0 Å². The Hall–Kier alpha value is -0.340. The molecule has 1 aliphatic heterocycles. The average molecular weight is 246 g/mol. The van der Waals surface area contributed by atoms with E-state index in [-0.39, 0.29) is 13.0 Å². The van der Waals surface area contributed by atoms with Crippen molar-refractivity contribution in [3.05, 3.63) is 0 Å². The first-order valence-corrected chi connectivity index (χ1v) is 6.24. The molecule has 0 aromatic rings. The molecule has 0 aliphatic carbocycles. The fraction of sp³-hybridized carbons (Fsp3) is 1.00. The lowest BCUT2D eigenvalue weighted by molar-refractivity contribution is -0.186. The van der Waals surface area contributed by atoms with Gasteiger partial charge in [0.1, 0.15) is 0 Å². The van der Waals surface area contributed by atoms with Gasteiger partial charge >= 0.3 is 6.18 Å². The number of nitrogens with zero attached hydrogens (tertiary/aromatic N) is 1. The van der Waals surface area contributed by atoms with Gasteiger partial charge in [-0.1, -0.05) is 0 Å². The van der Waals surface area contributed by atoms with Crippen molar-refractivity contribution >= 4 is 10.0 Å². The molecule has 4 nitrogen and oxygen atoms in total. The molecule has 8 heteroatoms. The van der Waals surface area contributed by atoms with Crippen molar-refractivity contribution < 1.29 is 21.6 Å². The third-order valence-corrected chi connectivity index (χ3v) is 3.79. The van der Waals surface area contributed by atoms with Gasteiger partial charge in [0.05, 0.1) is 12.2 Å². The van der Waals surface area contributed by atoms with Gasteiger partial charge < -0.3 is 5.73 Å². The molecule has 1 fully saturated rings. The van der Waals surface area contributed by atoms with E-state index < -0.39 is 34.7 Å². The highest BCUT2D eigenvalue weighted by molar-refractivity contribution is 7.88. The van der Waals surface area contributed by atoms with Crippen molar-refractivity contribution in [2.75, 3.05) is 19.3 Å². The Morgan fingerprint density at radius 2 is 1.93 bits per heavy atom. The van der Waals surface area contributed by atoms with Gasteiger partial charge in [0, 0.05) is 19.1 Å². The molecule has 0 aromatic heterocycles. The van der Waals surface area contributed by atoms with Crippen LogP contribution in [0.1, 0.15) is 6.42 Å². The lowest BCUT2D eigenvalue weighted by atomic mass is 9.94. The predicted octanol–water partition coefficient (Wildman–Crippen LogP) is 0.158. The minimum absolute atomic E-state index is 0.0389. The van der Waals surface area contributed by atoms with Crippen LogP contribution < -0.4 is 5.73 Å². The summed E-state index contributed by atoms with van der Waals surface area (Å²) in [4.78, 5) is 0. The van der Waals surface area contributed by atoms with Crippen LogP contribution in [0.3, 0.4) is 0 Å². The zero-order valence-electron chi connectivity index (χ0n) is 8.16. The molecule has 15 heavy (non-hydrogen) atoms. The second-order valence-electron chi connectivity index (χ2n) is 3.72. The van der Waals surface area contributed by atoms with Gasteiger partial charge in [-0.3, -0.25) is 0 Å². The molecule has 0 amide bonds. The lowest BCUT2D eigenvalue weighted by Gasteiger charge is -2.36. The summed E-state index contributed by atoms with van der Waals surface area (Å²) in [5.74, 6) is -1.76. The number of nitrogens with two attached hydrogens (primary N) is 1. The quantitative estimate of drug-likeness (QED) is 0.716. The molecule has 1 heterocycles. The summed E-state index contributed by atoms with van der Waals surface area (Å²) in [6.45, 7) is -0.504. The second-order valence-corrected chi connectivity index (χ2v) is 5.70. The van der Waals surface area contributed by atoms with Crippen LogP contribution in [0.15, 0.2) is 0 Å². The predicted molar refractivity (Wildman–Crippen MR) is 48.6 cm³/mol. The number of sulfonamides is 1. The Labute approximate surface area is 86.3 Å². The summed E-state index contributed by atoms with van der Waals surface area (Å²) < 4.78 is 60.3. The molecule has 0 saturated carbocycles. The summed E-state index contributed by atoms with van der Waals surface area (Å²) in [6, 6.07) is -1.01. The maximum Gasteiger partial charge on any atom is 0.394 e. The first-order chi connectivity index (χ1) is 6.62. The molecule has 0 radical (unpaired) electrons. The van der Waals surface area contributed by atoms with E-state index in [1.807, 2.05) is 0 Å². The standard InChI is InChI=1S/C7H13F3N2O2S/c1-15(13,14)12-3-2-6(11)5(4-12)7(8,9)10/h5-6H,2-4,11H2,1H3. The third kappa shape index (κ3) is 3.05. The average Bonchev–Trinajstić information content (AvgIpc) is 2.00. The normalized spacial score (nSPS) is 30.5. The molecule has 1 saturated heterocycles. The number of rotatable bonds is 1. The van der Waals surface area contributed by atoms with Crippen LogP contribution in [0.4, 0.5) is 13.2 Å². The van der Waals surface area contributed by atoms with Crippen molar-refractivity contribution in [2.24, 2.45) is 11.7 Å². The van der Waals surface area contributed by atoms with E-state index in [0.29, 0.717) is 0 Å². The minimum atomic E-state index is -4.44. The van der Waals surface area contributed by atoms with Gasteiger partial charge in [-0.2, -0.15) is 13.2 Å². The van der Waals surface area contributed by atoms with Gasteiger partial charge in [0.15, 0.2) is 0 Å². The topological polar surface area (TPSA) is 63.4 Å².